The lowest BCUT2D eigenvalue weighted by molar-refractivity contribution is 0.0648. The van der Waals surface area contributed by atoms with Gasteiger partial charge in [0.2, 0.25) is 11.5 Å². The molecule has 7 nitrogen and oxygen atoms in total. The Hall–Kier alpha value is -2.19. The summed E-state index contributed by atoms with van der Waals surface area (Å²) in [5, 5.41) is 17.0. The zero-order chi connectivity index (χ0) is 13.3. The SMILES string of the molecule is O=C(O)c1ccc([S+]([O-])c2ccc(C(=O)O)o2)o1. The summed E-state index contributed by atoms with van der Waals surface area (Å²) in [4.78, 5) is 21.1. The fraction of sp³-hybridized carbons (Fsp3) is 0. The van der Waals surface area contributed by atoms with E-state index >= 15 is 0 Å². The van der Waals surface area contributed by atoms with Gasteiger partial charge in [-0.1, -0.05) is 0 Å². The first-order valence-electron chi connectivity index (χ1n) is 4.57. The van der Waals surface area contributed by atoms with E-state index in [-0.39, 0.29) is 21.7 Å². The van der Waals surface area contributed by atoms with E-state index in [0.717, 1.165) is 12.1 Å². The predicted octanol–water partition coefficient (Wildman–Crippen LogP) is 1.44. The van der Waals surface area contributed by atoms with Crippen LogP contribution in [0.1, 0.15) is 21.1 Å². The highest BCUT2D eigenvalue weighted by molar-refractivity contribution is 7.91. The largest absolute Gasteiger partial charge is 0.602 e. The molecule has 0 saturated heterocycles. The molecule has 0 atom stereocenters. The van der Waals surface area contributed by atoms with E-state index in [4.69, 9.17) is 19.0 Å². The van der Waals surface area contributed by atoms with E-state index in [0.29, 0.717) is 0 Å². The summed E-state index contributed by atoms with van der Waals surface area (Å²) in [7, 11) is 0. The zero-order valence-electron chi connectivity index (χ0n) is 8.65. The number of hydrogen-bond acceptors (Lipinski definition) is 5. The standard InChI is InChI=1S/C10H6O7S/c11-9(12)5-1-3-7(16-5)18(15)8-4-2-6(17-8)10(13)14/h1-4H,(H,11,12)(H,13,14). The molecule has 0 aliphatic heterocycles. The van der Waals surface area contributed by atoms with Crippen LogP contribution in [0.2, 0.25) is 0 Å². The van der Waals surface area contributed by atoms with Crippen LogP contribution in [0.15, 0.2) is 43.3 Å². The minimum atomic E-state index is -1.90. The Balaban J connectivity index is 2.26. The summed E-state index contributed by atoms with van der Waals surface area (Å²) in [5.41, 5.74) is 0. The van der Waals surface area contributed by atoms with Crippen LogP contribution in [-0.4, -0.2) is 26.7 Å². The smallest absolute Gasteiger partial charge is 0.372 e. The van der Waals surface area contributed by atoms with Crippen LogP contribution in [0.25, 0.3) is 0 Å². The van der Waals surface area contributed by atoms with Gasteiger partial charge in [0.15, 0.2) is 0 Å². The van der Waals surface area contributed by atoms with Crippen LogP contribution in [0.5, 0.6) is 0 Å². The minimum Gasteiger partial charge on any atom is -0.602 e. The Bertz CT molecular complexity index is 545. The molecule has 18 heavy (non-hydrogen) atoms. The molecule has 0 unspecified atom stereocenters. The van der Waals surface area contributed by atoms with E-state index in [1.807, 2.05) is 0 Å². The molecule has 0 bridgehead atoms. The number of hydrogen-bond donors (Lipinski definition) is 2. The number of carboxylic acid groups (broad SMARTS) is 2. The van der Waals surface area contributed by atoms with E-state index in [9.17, 15) is 14.1 Å². The fourth-order valence-electron chi connectivity index (χ4n) is 1.17. The average Bonchev–Trinajstić information content (AvgIpc) is 2.97. The highest BCUT2D eigenvalue weighted by atomic mass is 32.2. The molecule has 0 radical (unpaired) electrons. The summed E-state index contributed by atoms with van der Waals surface area (Å²) in [6, 6.07) is 4.75. The summed E-state index contributed by atoms with van der Waals surface area (Å²) >= 11 is -1.90. The molecule has 0 fully saturated rings. The molecular formula is C10H6O7S. The second-order valence-electron chi connectivity index (χ2n) is 3.12. The highest BCUT2D eigenvalue weighted by Gasteiger charge is 2.26. The van der Waals surface area contributed by atoms with Gasteiger partial charge in [-0.15, -0.1) is 0 Å². The Morgan fingerprint density at radius 1 is 0.944 bits per heavy atom. The van der Waals surface area contributed by atoms with Gasteiger partial charge in [0, 0.05) is 12.1 Å². The first-order valence-corrected chi connectivity index (χ1v) is 5.72. The van der Waals surface area contributed by atoms with E-state index in [1.165, 1.54) is 12.1 Å². The zero-order valence-corrected chi connectivity index (χ0v) is 9.47. The quantitative estimate of drug-likeness (QED) is 0.805. The molecule has 8 heteroatoms. The van der Waals surface area contributed by atoms with Gasteiger partial charge in [-0.05, 0) is 12.1 Å². The van der Waals surface area contributed by atoms with Gasteiger partial charge in [-0.3, -0.25) is 0 Å². The second kappa shape index (κ2) is 4.59. The molecule has 2 rings (SSSR count). The molecule has 0 aliphatic carbocycles. The first kappa shape index (κ1) is 12.3. The van der Waals surface area contributed by atoms with Crippen molar-refractivity contribution in [2.45, 2.75) is 10.2 Å². The van der Waals surface area contributed by atoms with Crippen molar-refractivity contribution in [1.29, 1.82) is 0 Å². The van der Waals surface area contributed by atoms with Crippen molar-refractivity contribution in [2.75, 3.05) is 0 Å². The minimum absolute atomic E-state index is 0.126. The van der Waals surface area contributed by atoms with E-state index < -0.39 is 23.1 Å². The third kappa shape index (κ3) is 2.24. The van der Waals surface area contributed by atoms with Gasteiger partial charge in [0.25, 0.3) is 0 Å². The van der Waals surface area contributed by atoms with Crippen LogP contribution in [-0.2, 0) is 11.2 Å². The topological polar surface area (TPSA) is 124 Å². The number of furan rings is 2. The molecule has 0 spiro atoms. The molecule has 0 amide bonds. The third-order valence-corrected chi connectivity index (χ3v) is 3.12. The summed E-state index contributed by atoms with van der Waals surface area (Å²) < 4.78 is 21.5. The molecule has 0 saturated carbocycles. The number of carboxylic acids is 2. The molecule has 2 heterocycles. The fourth-order valence-corrected chi connectivity index (χ4v) is 2.08. The third-order valence-electron chi connectivity index (χ3n) is 1.95. The summed E-state index contributed by atoms with van der Waals surface area (Å²) in [5.74, 6) is -3.29. The highest BCUT2D eigenvalue weighted by Crippen LogP contribution is 2.24. The summed E-state index contributed by atoms with van der Waals surface area (Å²) in [6.45, 7) is 0. The molecule has 0 aromatic carbocycles. The van der Waals surface area contributed by atoms with Crippen molar-refractivity contribution in [2.24, 2.45) is 0 Å². The van der Waals surface area contributed by atoms with E-state index in [1.54, 1.807) is 0 Å². The van der Waals surface area contributed by atoms with E-state index in [2.05, 4.69) is 0 Å². The Morgan fingerprint density at radius 2 is 1.33 bits per heavy atom. The normalized spacial score (nSPS) is 10.8. The lowest BCUT2D eigenvalue weighted by Gasteiger charge is -2.01. The second-order valence-corrected chi connectivity index (χ2v) is 4.46. The van der Waals surface area contributed by atoms with Crippen molar-refractivity contribution in [3.63, 3.8) is 0 Å². The number of rotatable bonds is 4. The van der Waals surface area contributed by atoms with Crippen LogP contribution < -0.4 is 0 Å². The molecule has 0 aliphatic rings. The van der Waals surface area contributed by atoms with Crippen LogP contribution in [0.4, 0.5) is 0 Å². The van der Waals surface area contributed by atoms with Gasteiger partial charge in [-0.25, -0.2) is 9.59 Å². The molecule has 2 aromatic heterocycles. The van der Waals surface area contributed by atoms with Crippen molar-refractivity contribution in [3.05, 3.63) is 35.8 Å². The Kier molecular flexibility index (Phi) is 3.13. The maximum Gasteiger partial charge on any atom is 0.372 e. The van der Waals surface area contributed by atoms with Gasteiger partial charge in [-0.2, -0.15) is 0 Å². The monoisotopic (exact) mass is 270 g/mol. The maximum atomic E-state index is 11.9. The predicted molar refractivity (Wildman–Crippen MR) is 56.0 cm³/mol. The van der Waals surface area contributed by atoms with Crippen molar-refractivity contribution in [3.8, 4) is 0 Å². The lowest BCUT2D eigenvalue weighted by Crippen LogP contribution is -2.00. The number of aromatic carboxylic acids is 2. The Morgan fingerprint density at radius 3 is 1.61 bits per heavy atom. The van der Waals surface area contributed by atoms with Gasteiger partial charge in [0.05, 0.1) is 0 Å². The maximum absolute atomic E-state index is 11.9. The van der Waals surface area contributed by atoms with Crippen LogP contribution in [0.3, 0.4) is 0 Å². The average molecular weight is 270 g/mol. The Labute approximate surface area is 103 Å². The van der Waals surface area contributed by atoms with Crippen molar-refractivity contribution in [1.82, 2.24) is 0 Å². The molecule has 2 N–H and O–H groups in total. The molecule has 94 valence electrons. The first-order chi connectivity index (χ1) is 8.49. The molecule has 2 aromatic rings. The molecular weight excluding hydrogens is 264 g/mol. The van der Waals surface area contributed by atoms with Crippen LogP contribution >= 0.6 is 0 Å². The number of carbonyl (C=O) groups is 2. The van der Waals surface area contributed by atoms with Crippen molar-refractivity contribution < 1.29 is 33.2 Å². The lowest BCUT2D eigenvalue weighted by atomic mass is 10.5. The summed E-state index contributed by atoms with van der Waals surface area (Å²) in [6.07, 6.45) is 0. The van der Waals surface area contributed by atoms with Crippen LogP contribution in [0, 0.1) is 0 Å². The van der Waals surface area contributed by atoms with Crippen molar-refractivity contribution >= 4 is 23.1 Å². The van der Waals surface area contributed by atoms with Gasteiger partial charge < -0.3 is 23.6 Å². The van der Waals surface area contributed by atoms with Gasteiger partial charge >= 0.3 is 22.1 Å². The van der Waals surface area contributed by atoms with Gasteiger partial charge in [0.1, 0.15) is 11.2 Å².